The maximum Gasteiger partial charge on any atom is 0.157 e. The normalized spacial score (nSPS) is 16.5. The van der Waals surface area contributed by atoms with E-state index in [2.05, 4.69) is 0 Å². The van der Waals surface area contributed by atoms with Gasteiger partial charge in [0.25, 0.3) is 0 Å². The SMILES string of the molecule is COc1cc(OC)c2c(c1)OC(c1ccc(O)c(O)c1)CC2. The summed E-state index contributed by atoms with van der Waals surface area (Å²) in [5, 5.41) is 19.1. The van der Waals surface area contributed by atoms with Gasteiger partial charge in [-0.15, -0.1) is 0 Å². The average Bonchev–Trinajstić information content (AvgIpc) is 2.55. The molecule has 22 heavy (non-hydrogen) atoms. The number of phenols is 2. The smallest absolute Gasteiger partial charge is 0.157 e. The number of aromatic hydroxyl groups is 2. The van der Waals surface area contributed by atoms with Gasteiger partial charge in [-0.1, -0.05) is 6.07 Å². The summed E-state index contributed by atoms with van der Waals surface area (Å²) in [7, 11) is 3.22. The highest BCUT2D eigenvalue weighted by Gasteiger charge is 2.25. The minimum atomic E-state index is -0.184. The number of methoxy groups -OCH3 is 2. The van der Waals surface area contributed by atoms with Crippen molar-refractivity contribution >= 4 is 0 Å². The number of ether oxygens (including phenoxy) is 3. The van der Waals surface area contributed by atoms with Crippen molar-refractivity contribution < 1.29 is 24.4 Å². The lowest BCUT2D eigenvalue weighted by atomic mass is 9.96. The number of hydrogen-bond acceptors (Lipinski definition) is 5. The Morgan fingerprint density at radius 3 is 2.55 bits per heavy atom. The van der Waals surface area contributed by atoms with Crippen LogP contribution in [0.4, 0.5) is 0 Å². The largest absolute Gasteiger partial charge is 0.504 e. The molecule has 5 heteroatoms. The van der Waals surface area contributed by atoms with Crippen LogP contribution >= 0.6 is 0 Å². The van der Waals surface area contributed by atoms with Gasteiger partial charge in [-0.25, -0.2) is 0 Å². The third kappa shape index (κ3) is 2.50. The molecule has 0 saturated carbocycles. The van der Waals surface area contributed by atoms with E-state index in [-0.39, 0.29) is 17.6 Å². The summed E-state index contributed by atoms with van der Waals surface area (Å²) in [6.07, 6.45) is 1.38. The molecule has 5 nitrogen and oxygen atoms in total. The molecule has 1 aliphatic rings. The van der Waals surface area contributed by atoms with Crippen molar-refractivity contribution in [2.75, 3.05) is 14.2 Å². The molecule has 0 saturated heterocycles. The molecule has 1 aliphatic heterocycles. The Labute approximate surface area is 128 Å². The Balaban J connectivity index is 1.94. The van der Waals surface area contributed by atoms with Crippen molar-refractivity contribution in [2.45, 2.75) is 18.9 Å². The van der Waals surface area contributed by atoms with Gasteiger partial charge < -0.3 is 24.4 Å². The molecule has 1 atom stereocenters. The zero-order valence-electron chi connectivity index (χ0n) is 12.5. The first-order chi connectivity index (χ1) is 10.6. The predicted molar refractivity (Wildman–Crippen MR) is 81.0 cm³/mol. The van der Waals surface area contributed by atoms with Gasteiger partial charge in [0.15, 0.2) is 11.5 Å². The molecule has 1 heterocycles. The first kappa shape index (κ1) is 14.4. The average molecular weight is 302 g/mol. The molecular weight excluding hydrogens is 284 g/mol. The highest BCUT2D eigenvalue weighted by Crippen LogP contribution is 2.43. The Morgan fingerprint density at radius 2 is 1.86 bits per heavy atom. The molecule has 2 N–H and O–H groups in total. The van der Waals surface area contributed by atoms with Gasteiger partial charge in [0, 0.05) is 17.7 Å². The van der Waals surface area contributed by atoms with E-state index in [0.717, 1.165) is 35.5 Å². The quantitative estimate of drug-likeness (QED) is 0.852. The molecule has 116 valence electrons. The Morgan fingerprint density at radius 1 is 1.05 bits per heavy atom. The van der Waals surface area contributed by atoms with E-state index in [0.29, 0.717) is 5.75 Å². The lowest BCUT2D eigenvalue weighted by molar-refractivity contribution is 0.173. The molecule has 2 aromatic rings. The van der Waals surface area contributed by atoms with Crippen LogP contribution in [0.1, 0.15) is 23.7 Å². The van der Waals surface area contributed by atoms with Gasteiger partial charge in [-0.3, -0.25) is 0 Å². The number of rotatable bonds is 3. The summed E-state index contributed by atoms with van der Waals surface area (Å²) in [5.74, 6) is 1.87. The third-order valence-electron chi connectivity index (χ3n) is 3.89. The van der Waals surface area contributed by atoms with Crippen LogP contribution in [0, 0.1) is 0 Å². The second kappa shape index (κ2) is 5.67. The fourth-order valence-corrected chi connectivity index (χ4v) is 2.71. The van der Waals surface area contributed by atoms with Crippen LogP contribution in [0.5, 0.6) is 28.7 Å². The van der Waals surface area contributed by atoms with E-state index >= 15 is 0 Å². The Bertz CT molecular complexity index is 696. The Hall–Kier alpha value is -2.56. The van der Waals surface area contributed by atoms with Crippen LogP contribution in [-0.2, 0) is 6.42 Å². The van der Waals surface area contributed by atoms with Crippen molar-refractivity contribution in [1.29, 1.82) is 0 Å². The number of benzene rings is 2. The highest BCUT2D eigenvalue weighted by molar-refractivity contribution is 5.52. The maximum absolute atomic E-state index is 9.64. The van der Waals surface area contributed by atoms with E-state index in [9.17, 15) is 10.2 Å². The summed E-state index contributed by atoms with van der Waals surface area (Å²) in [4.78, 5) is 0. The van der Waals surface area contributed by atoms with Crippen molar-refractivity contribution in [3.8, 4) is 28.7 Å². The minimum absolute atomic E-state index is 0.136. The van der Waals surface area contributed by atoms with Crippen molar-refractivity contribution in [1.82, 2.24) is 0 Å². The highest BCUT2D eigenvalue weighted by atomic mass is 16.5. The van der Waals surface area contributed by atoms with E-state index in [1.54, 1.807) is 20.3 Å². The van der Waals surface area contributed by atoms with Gasteiger partial charge in [-0.2, -0.15) is 0 Å². The first-order valence-corrected chi connectivity index (χ1v) is 7.05. The van der Waals surface area contributed by atoms with Crippen LogP contribution in [0.15, 0.2) is 30.3 Å². The molecule has 0 aromatic heterocycles. The van der Waals surface area contributed by atoms with Gasteiger partial charge in [0.2, 0.25) is 0 Å². The molecule has 0 radical (unpaired) electrons. The minimum Gasteiger partial charge on any atom is -0.504 e. The number of phenolic OH excluding ortho intramolecular Hbond substituents is 2. The van der Waals surface area contributed by atoms with Gasteiger partial charge >= 0.3 is 0 Å². The summed E-state index contributed by atoms with van der Waals surface area (Å²) in [6.45, 7) is 0. The van der Waals surface area contributed by atoms with Crippen molar-refractivity contribution in [3.05, 3.63) is 41.5 Å². The molecular formula is C17H18O5. The molecule has 1 unspecified atom stereocenters. The standard InChI is InChI=1S/C17H18O5/c1-20-11-8-16(21-2)12-4-6-15(22-17(12)9-11)10-3-5-13(18)14(19)7-10/h3,5,7-9,15,18-19H,4,6H2,1-2H3. The number of fused-ring (bicyclic) bond motifs is 1. The monoisotopic (exact) mass is 302 g/mol. The summed E-state index contributed by atoms with van der Waals surface area (Å²) in [6, 6.07) is 8.43. The van der Waals surface area contributed by atoms with E-state index < -0.39 is 0 Å². The first-order valence-electron chi connectivity index (χ1n) is 7.05. The summed E-state index contributed by atoms with van der Waals surface area (Å²) >= 11 is 0. The molecule has 0 fully saturated rings. The number of hydrogen-bond donors (Lipinski definition) is 2. The molecule has 3 rings (SSSR count). The molecule has 0 spiro atoms. The van der Waals surface area contributed by atoms with Gasteiger partial charge in [-0.05, 0) is 30.5 Å². The van der Waals surface area contributed by atoms with E-state index in [1.807, 2.05) is 12.1 Å². The van der Waals surface area contributed by atoms with Crippen LogP contribution in [-0.4, -0.2) is 24.4 Å². The molecule has 2 aromatic carbocycles. The molecule has 0 aliphatic carbocycles. The van der Waals surface area contributed by atoms with Crippen LogP contribution in [0.2, 0.25) is 0 Å². The predicted octanol–water partition coefficient (Wildman–Crippen LogP) is 3.18. The topological polar surface area (TPSA) is 68.2 Å². The van der Waals surface area contributed by atoms with Crippen LogP contribution in [0.25, 0.3) is 0 Å². The second-order valence-electron chi connectivity index (χ2n) is 5.20. The van der Waals surface area contributed by atoms with Crippen molar-refractivity contribution in [3.63, 3.8) is 0 Å². The van der Waals surface area contributed by atoms with E-state index in [1.165, 1.54) is 12.1 Å². The molecule has 0 amide bonds. The van der Waals surface area contributed by atoms with Crippen LogP contribution < -0.4 is 14.2 Å². The molecule has 0 bridgehead atoms. The second-order valence-corrected chi connectivity index (χ2v) is 5.20. The lowest BCUT2D eigenvalue weighted by Crippen LogP contribution is -2.16. The van der Waals surface area contributed by atoms with Gasteiger partial charge in [0.05, 0.1) is 14.2 Å². The zero-order valence-corrected chi connectivity index (χ0v) is 12.5. The fraction of sp³-hybridized carbons (Fsp3) is 0.294. The van der Waals surface area contributed by atoms with Gasteiger partial charge in [0.1, 0.15) is 23.4 Å². The van der Waals surface area contributed by atoms with Crippen LogP contribution in [0.3, 0.4) is 0 Å². The van der Waals surface area contributed by atoms with E-state index in [4.69, 9.17) is 14.2 Å². The lowest BCUT2D eigenvalue weighted by Gasteiger charge is -2.28. The summed E-state index contributed by atoms with van der Waals surface area (Å²) < 4.78 is 16.7. The zero-order chi connectivity index (χ0) is 15.7. The third-order valence-corrected chi connectivity index (χ3v) is 3.89. The fourth-order valence-electron chi connectivity index (χ4n) is 2.71. The summed E-state index contributed by atoms with van der Waals surface area (Å²) in [5.41, 5.74) is 1.84. The Kier molecular flexibility index (Phi) is 3.71. The maximum atomic E-state index is 9.64. The van der Waals surface area contributed by atoms with Crippen molar-refractivity contribution in [2.24, 2.45) is 0 Å².